The van der Waals surface area contributed by atoms with Gasteiger partial charge in [-0.25, -0.2) is 15.0 Å². The summed E-state index contributed by atoms with van der Waals surface area (Å²) in [6.45, 7) is 0. The molecule has 0 bridgehead atoms. The van der Waals surface area contributed by atoms with Crippen LogP contribution in [0.15, 0.2) is 322 Å². The van der Waals surface area contributed by atoms with E-state index >= 15 is 0 Å². The van der Waals surface area contributed by atoms with E-state index in [4.69, 9.17) is 15.0 Å². The van der Waals surface area contributed by atoms with Gasteiger partial charge in [-0.3, -0.25) is 0 Å². The molecular weight excluding hydrogens is 1090 g/mol. The number of nitrogens with zero attached hydrogens (tertiary/aromatic N) is 5. The highest BCUT2D eigenvalue weighted by atomic mass is 14.9. The minimum Gasteiger partial charge on any atom is -0.248 e. The molecule has 2 heterocycles. The Morgan fingerprint density at radius 2 is 0.478 bits per heavy atom. The first kappa shape index (κ1) is 54.3. The van der Waals surface area contributed by atoms with Gasteiger partial charge in [-0.1, -0.05) is 267 Å². The van der Waals surface area contributed by atoms with E-state index in [1.807, 2.05) is 66.7 Å². The van der Waals surface area contributed by atoms with Gasteiger partial charge in [0.2, 0.25) is 0 Å². The van der Waals surface area contributed by atoms with Gasteiger partial charge in [0.1, 0.15) is 0 Å². The Hall–Kier alpha value is -12.4. The standard InChI is InChI=1S/C85H53N5/c86-54-56-25-29-59(30-26-56)60-33-35-62(36-34-60)74-47-48-76(80-24-10-9-22-78(74)80)64-39-43-67(44-40-64)85-89-83(65-15-5-2-6-16-65)53-84(90-85)71-20-12-18-69(50-71)68-17-11-19-70(49-68)82-52-72(58-13-3-1-4-14-58)51-81(88-82)66-41-37-63(38-42-66)75-46-45-73(77-21-7-8-23-79(75)77)61-31-27-57(55-87)28-32-61/h1-53H. The highest BCUT2D eigenvalue weighted by molar-refractivity contribution is 6.06. The Kier molecular flexibility index (Phi) is 14.4. The van der Waals surface area contributed by atoms with Gasteiger partial charge in [0.25, 0.3) is 0 Å². The van der Waals surface area contributed by atoms with E-state index in [1.54, 1.807) is 0 Å². The molecule has 0 radical (unpaired) electrons. The second-order valence-corrected chi connectivity index (χ2v) is 22.5. The molecule has 90 heavy (non-hydrogen) atoms. The highest BCUT2D eigenvalue weighted by Crippen LogP contribution is 2.41. The largest absolute Gasteiger partial charge is 0.248 e. The zero-order valence-electron chi connectivity index (χ0n) is 48.8. The Morgan fingerprint density at radius 3 is 0.911 bits per heavy atom. The monoisotopic (exact) mass is 1140 g/mol. The molecule has 0 aliphatic heterocycles. The van der Waals surface area contributed by atoms with Crippen LogP contribution in [0.4, 0.5) is 0 Å². The molecule has 0 saturated heterocycles. The minimum atomic E-state index is 0.646. The molecule has 0 N–H and O–H groups in total. The van der Waals surface area contributed by atoms with Crippen molar-refractivity contribution in [3.8, 4) is 146 Å². The molecule has 0 spiro atoms. The van der Waals surface area contributed by atoms with Crippen LogP contribution in [0.5, 0.6) is 0 Å². The summed E-state index contributed by atoms with van der Waals surface area (Å²) in [7, 11) is 0. The number of rotatable bonds is 12. The van der Waals surface area contributed by atoms with E-state index in [1.165, 1.54) is 21.7 Å². The van der Waals surface area contributed by atoms with E-state index in [9.17, 15) is 10.5 Å². The Morgan fingerprint density at radius 1 is 0.189 bits per heavy atom. The summed E-state index contributed by atoms with van der Waals surface area (Å²) >= 11 is 0. The molecule has 0 atom stereocenters. The molecule has 15 rings (SSSR count). The van der Waals surface area contributed by atoms with Crippen LogP contribution in [0.2, 0.25) is 0 Å². The number of hydrogen-bond acceptors (Lipinski definition) is 5. The quantitative estimate of drug-likeness (QED) is 0.122. The number of hydrogen-bond donors (Lipinski definition) is 0. The SMILES string of the molecule is N#Cc1ccc(-c2ccc(-c3ccc(-c4ccc(-c5nc(-c6ccccc6)cc(-c6cccc(-c7cccc(-c8cc(-c9ccccc9)cc(-c9ccc(-c%10ccc(-c%11ccc(C#N)cc%11)c%11ccccc%10%11)cc9)n8)c7)c6)n5)cc4)c4ccccc34)cc2)cc1. The second kappa shape index (κ2) is 23.8. The number of nitriles is 2. The molecule has 5 nitrogen and oxygen atoms in total. The van der Waals surface area contributed by atoms with E-state index in [0.717, 1.165) is 128 Å². The lowest BCUT2D eigenvalue weighted by molar-refractivity contribution is 1.18. The zero-order valence-corrected chi connectivity index (χ0v) is 48.8. The fraction of sp³-hybridized carbons (Fsp3) is 0. The summed E-state index contributed by atoms with van der Waals surface area (Å²) in [6, 6.07) is 117. The van der Waals surface area contributed by atoms with E-state index in [2.05, 4.69) is 267 Å². The Bertz CT molecular complexity index is 5260. The number of pyridine rings is 1. The average molecular weight is 1140 g/mol. The van der Waals surface area contributed by atoms with Gasteiger partial charge in [-0.15, -0.1) is 0 Å². The second-order valence-electron chi connectivity index (χ2n) is 22.5. The summed E-state index contributed by atoms with van der Waals surface area (Å²) in [5.41, 5.74) is 25.3. The molecule has 5 heteroatoms. The van der Waals surface area contributed by atoms with Crippen LogP contribution in [0, 0.1) is 22.7 Å². The fourth-order valence-corrected chi connectivity index (χ4v) is 12.3. The third kappa shape index (κ3) is 10.8. The smallest absolute Gasteiger partial charge is 0.160 e. The van der Waals surface area contributed by atoms with Crippen molar-refractivity contribution in [3.63, 3.8) is 0 Å². The summed E-state index contributed by atoms with van der Waals surface area (Å²) in [4.78, 5) is 15.9. The van der Waals surface area contributed by atoms with Crippen LogP contribution in [0.1, 0.15) is 11.1 Å². The van der Waals surface area contributed by atoms with Gasteiger partial charge in [0.05, 0.1) is 46.0 Å². The zero-order chi connectivity index (χ0) is 60.3. The summed E-state index contributed by atoms with van der Waals surface area (Å²) in [5.74, 6) is 0.646. The van der Waals surface area contributed by atoms with Crippen LogP contribution in [0.3, 0.4) is 0 Å². The number of fused-ring (bicyclic) bond motifs is 2. The van der Waals surface area contributed by atoms with Crippen LogP contribution in [-0.2, 0) is 0 Å². The summed E-state index contributed by atoms with van der Waals surface area (Å²) in [6.07, 6.45) is 0. The lowest BCUT2D eigenvalue weighted by Crippen LogP contribution is -1.96. The Labute approximate surface area is 523 Å². The van der Waals surface area contributed by atoms with Gasteiger partial charge in [-0.2, -0.15) is 10.5 Å². The first-order valence-corrected chi connectivity index (χ1v) is 30.1. The molecule has 0 aliphatic rings. The van der Waals surface area contributed by atoms with Crippen LogP contribution in [0.25, 0.3) is 156 Å². The molecule has 418 valence electrons. The maximum Gasteiger partial charge on any atom is 0.160 e. The first-order valence-electron chi connectivity index (χ1n) is 30.1. The van der Waals surface area contributed by atoms with Crippen molar-refractivity contribution in [3.05, 3.63) is 333 Å². The molecule has 0 fully saturated rings. The van der Waals surface area contributed by atoms with Gasteiger partial charge >= 0.3 is 0 Å². The van der Waals surface area contributed by atoms with Crippen molar-refractivity contribution in [2.45, 2.75) is 0 Å². The van der Waals surface area contributed by atoms with Gasteiger partial charge in [0.15, 0.2) is 5.82 Å². The van der Waals surface area contributed by atoms with Crippen molar-refractivity contribution in [1.82, 2.24) is 15.0 Å². The molecule has 13 aromatic carbocycles. The molecule has 0 amide bonds. The van der Waals surface area contributed by atoms with Crippen molar-refractivity contribution < 1.29 is 0 Å². The predicted molar refractivity (Wildman–Crippen MR) is 370 cm³/mol. The van der Waals surface area contributed by atoms with Crippen LogP contribution < -0.4 is 0 Å². The van der Waals surface area contributed by atoms with Crippen molar-refractivity contribution in [2.75, 3.05) is 0 Å². The van der Waals surface area contributed by atoms with Crippen LogP contribution >= 0.6 is 0 Å². The fourth-order valence-electron chi connectivity index (χ4n) is 12.3. The molecular formula is C85H53N5. The van der Waals surface area contributed by atoms with E-state index < -0.39 is 0 Å². The van der Waals surface area contributed by atoms with Gasteiger partial charge in [-0.05, 0) is 154 Å². The maximum atomic E-state index is 9.42. The third-order valence-electron chi connectivity index (χ3n) is 17.0. The van der Waals surface area contributed by atoms with Crippen molar-refractivity contribution in [2.24, 2.45) is 0 Å². The van der Waals surface area contributed by atoms with Crippen molar-refractivity contribution >= 4 is 21.5 Å². The predicted octanol–water partition coefficient (Wildman–Crippen LogP) is 21.9. The molecule has 0 saturated carbocycles. The normalized spacial score (nSPS) is 11.1. The maximum absolute atomic E-state index is 9.42. The van der Waals surface area contributed by atoms with E-state index in [0.29, 0.717) is 17.0 Å². The van der Waals surface area contributed by atoms with Crippen molar-refractivity contribution in [1.29, 1.82) is 10.5 Å². The summed E-state index contributed by atoms with van der Waals surface area (Å²) < 4.78 is 0. The molecule has 2 aromatic heterocycles. The number of benzene rings is 13. The van der Waals surface area contributed by atoms with Gasteiger partial charge < -0.3 is 0 Å². The van der Waals surface area contributed by atoms with E-state index in [-0.39, 0.29) is 0 Å². The molecule has 0 unspecified atom stereocenters. The van der Waals surface area contributed by atoms with Crippen LogP contribution in [-0.4, -0.2) is 15.0 Å². The summed E-state index contributed by atoms with van der Waals surface area (Å²) in [5, 5.41) is 23.4. The third-order valence-corrected chi connectivity index (χ3v) is 17.0. The lowest BCUT2D eigenvalue weighted by atomic mass is 9.91. The average Bonchev–Trinajstić information content (AvgIpc) is 0.932. The molecule has 15 aromatic rings. The topological polar surface area (TPSA) is 86.2 Å². The minimum absolute atomic E-state index is 0.646. The first-order chi connectivity index (χ1) is 44.5. The van der Waals surface area contributed by atoms with Gasteiger partial charge in [0, 0.05) is 27.8 Å². The highest BCUT2D eigenvalue weighted by Gasteiger charge is 2.17. The Balaban J connectivity index is 0.733. The lowest BCUT2D eigenvalue weighted by Gasteiger charge is -2.14. The number of aromatic nitrogens is 3. The molecule has 0 aliphatic carbocycles.